The van der Waals surface area contributed by atoms with E-state index in [9.17, 15) is 0 Å². The summed E-state index contributed by atoms with van der Waals surface area (Å²) in [4.78, 5) is 0. The van der Waals surface area contributed by atoms with Crippen LogP contribution in [0.15, 0.2) is 30.3 Å². The topological polar surface area (TPSA) is 0 Å². The molecule has 0 saturated heterocycles. The van der Waals surface area contributed by atoms with Gasteiger partial charge in [0.05, 0.1) is 0 Å². The van der Waals surface area contributed by atoms with Crippen LogP contribution in [0.1, 0.15) is 11.1 Å². The van der Waals surface area contributed by atoms with Gasteiger partial charge in [-0.15, -0.1) is 0 Å². The molecule has 0 unspecified atom stereocenters. The Balaban J connectivity index is 2.63. The van der Waals surface area contributed by atoms with Gasteiger partial charge in [-0.25, -0.2) is 0 Å². The Bertz CT molecular complexity index is 512. The Kier molecular flexibility index (Phi) is 1.50. The standard InChI is InChI=1S/C12H7I/c13-11-7-6-9-5-4-8-2-1-3-10(11)12(8)9/h1-7H. The molecule has 2 aromatic rings. The van der Waals surface area contributed by atoms with Crippen LogP contribution in [0.3, 0.4) is 0 Å². The molecule has 0 atom stereocenters. The fraction of sp³-hybridized carbons (Fsp3) is 0. The Morgan fingerprint density at radius 1 is 0.846 bits per heavy atom. The molecule has 13 heavy (non-hydrogen) atoms. The SMILES string of the molecule is Ic1ccc2c3c(cccc13)C=C2. The highest BCUT2D eigenvalue weighted by atomic mass is 127. The van der Waals surface area contributed by atoms with E-state index in [0.717, 1.165) is 0 Å². The van der Waals surface area contributed by atoms with Crippen molar-refractivity contribution in [2.75, 3.05) is 0 Å². The molecule has 0 saturated carbocycles. The van der Waals surface area contributed by atoms with Gasteiger partial charge in [0.1, 0.15) is 0 Å². The van der Waals surface area contributed by atoms with Gasteiger partial charge in [0.15, 0.2) is 0 Å². The summed E-state index contributed by atoms with van der Waals surface area (Å²) in [5.41, 5.74) is 2.71. The summed E-state index contributed by atoms with van der Waals surface area (Å²) in [5, 5.41) is 2.79. The summed E-state index contributed by atoms with van der Waals surface area (Å²) in [6.45, 7) is 0. The van der Waals surface area contributed by atoms with Gasteiger partial charge in [-0.3, -0.25) is 0 Å². The van der Waals surface area contributed by atoms with Crippen LogP contribution in [-0.4, -0.2) is 0 Å². The lowest BCUT2D eigenvalue weighted by atomic mass is 10.0. The van der Waals surface area contributed by atoms with Crippen LogP contribution in [0.25, 0.3) is 22.9 Å². The lowest BCUT2D eigenvalue weighted by Gasteiger charge is -2.03. The molecule has 0 spiro atoms. The van der Waals surface area contributed by atoms with Gasteiger partial charge in [-0.05, 0) is 50.6 Å². The van der Waals surface area contributed by atoms with E-state index in [2.05, 4.69) is 65.1 Å². The lowest BCUT2D eigenvalue weighted by Crippen LogP contribution is -1.81. The molecule has 0 amide bonds. The molecule has 0 radical (unpaired) electrons. The molecule has 1 heteroatoms. The maximum absolute atomic E-state index is 2.39. The van der Waals surface area contributed by atoms with Crippen molar-refractivity contribution < 1.29 is 0 Å². The summed E-state index contributed by atoms with van der Waals surface area (Å²) >= 11 is 2.39. The van der Waals surface area contributed by atoms with Crippen LogP contribution in [0.2, 0.25) is 0 Å². The van der Waals surface area contributed by atoms with Gasteiger partial charge in [0.2, 0.25) is 0 Å². The fourth-order valence-corrected chi connectivity index (χ4v) is 2.51. The van der Waals surface area contributed by atoms with Crippen molar-refractivity contribution in [3.63, 3.8) is 0 Å². The largest absolute Gasteiger partial charge is 0.0610 e. The molecule has 0 aliphatic heterocycles. The first-order valence-corrected chi connectivity index (χ1v) is 5.33. The van der Waals surface area contributed by atoms with Crippen molar-refractivity contribution >= 4 is 45.5 Å². The third-order valence-electron chi connectivity index (χ3n) is 2.49. The zero-order valence-electron chi connectivity index (χ0n) is 6.92. The van der Waals surface area contributed by atoms with Crippen molar-refractivity contribution in [2.45, 2.75) is 0 Å². The molecular weight excluding hydrogens is 271 g/mol. The Morgan fingerprint density at radius 2 is 1.62 bits per heavy atom. The predicted octanol–water partition coefficient (Wildman–Crippen LogP) is 3.93. The normalized spacial score (nSPS) is 12.7. The first-order chi connectivity index (χ1) is 6.36. The zero-order valence-corrected chi connectivity index (χ0v) is 9.08. The molecule has 1 aliphatic rings. The maximum atomic E-state index is 2.39. The van der Waals surface area contributed by atoms with E-state index >= 15 is 0 Å². The first-order valence-electron chi connectivity index (χ1n) is 4.25. The number of halogens is 1. The van der Waals surface area contributed by atoms with Gasteiger partial charge in [0, 0.05) is 3.57 Å². The number of hydrogen-bond acceptors (Lipinski definition) is 0. The predicted molar refractivity (Wildman–Crippen MR) is 65.6 cm³/mol. The molecule has 0 N–H and O–H groups in total. The average Bonchev–Trinajstić information content (AvgIpc) is 2.57. The van der Waals surface area contributed by atoms with E-state index in [0.29, 0.717) is 0 Å². The van der Waals surface area contributed by atoms with Crippen molar-refractivity contribution in [2.24, 2.45) is 0 Å². The summed E-state index contributed by atoms with van der Waals surface area (Å²) in [5.74, 6) is 0. The van der Waals surface area contributed by atoms with Crippen LogP contribution < -0.4 is 0 Å². The zero-order chi connectivity index (χ0) is 8.84. The highest BCUT2D eigenvalue weighted by molar-refractivity contribution is 14.1. The van der Waals surface area contributed by atoms with E-state index < -0.39 is 0 Å². The molecule has 0 fully saturated rings. The lowest BCUT2D eigenvalue weighted by molar-refractivity contribution is 1.68. The minimum Gasteiger partial charge on any atom is -0.0610 e. The minimum atomic E-state index is 1.34. The van der Waals surface area contributed by atoms with E-state index in [1.54, 1.807) is 0 Å². The molecule has 0 nitrogen and oxygen atoms in total. The number of benzene rings is 2. The number of hydrogen-bond donors (Lipinski definition) is 0. The monoisotopic (exact) mass is 278 g/mol. The molecule has 0 aromatic heterocycles. The van der Waals surface area contributed by atoms with Gasteiger partial charge in [-0.1, -0.05) is 36.4 Å². The van der Waals surface area contributed by atoms with Crippen LogP contribution >= 0.6 is 22.6 Å². The highest BCUT2D eigenvalue weighted by Gasteiger charge is 2.09. The minimum absolute atomic E-state index is 1.34. The average molecular weight is 278 g/mol. The van der Waals surface area contributed by atoms with Crippen LogP contribution in [0.5, 0.6) is 0 Å². The molecule has 1 aliphatic carbocycles. The Labute approximate surface area is 90.4 Å². The molecular formula is C12H7I. The molecule has 0 bridgehead atoms. The van der Waals surface area contributed by atoms with E-state index in [4.69, 9.17) is 0 Å². The molecule has 62 valence electrons. The highest BCUT2D eigenvalue weighted by Crippen LogP contribution is 2.33. The van der Waals surface area contributed by atoms with Gasteiger partial charge >= 0.3 is 0 Å². The Hall–Kier alpha value is -0.830. The second-order valence-corrected chi connectivity index (χ2v) is 4.40. The smallest absolute Gasteiger partial charge is 0.0209 e. The third-order valence-corrected chi connectivity index (χ3v) is 3.44. The van der Waals surface area contributed by atoms with Crippen molar-refractivity contribution in [1.29, 1.82) is 0 Å². The number of rotatable bonds is 0. The second-order valence-electron chi connectivity index (χ2n) is 3.24. The van der Waals surface area contributed by atoms with Crippen LogP contribution in [0, 0.1) is 3.57 Å². The molecule has 2 aromatic carbocycles. The second kappa shape index (κ2) is 2.58. The van der Waals surface area contributed by atoms with Crippen LogP contribution in [0.4, 0.5) is 0 Å². The van der Waals surface area contributed by atoms with Crippen molar-refractivity contribution in [3.05, 3.63) is 45.0 Å². The third kappa shape index (κ3) is 0.967. The maximum Gasteiger partial charge on any atom is 0.0209 e. The summed E-state index contributed by atoms with van der Waals surface area (Å²) in [7, 11) is 0. The van der Waals surface area contributed by atoms with E-state index in [1.165, 1.54) is 25.5 Å². The Morgan fingerprint density at radius 3 is 2.46 bits per heavy atom. The van der Waals surface area contributed by atoms with Crippen molar-refractivity contribution in [3.8, 4) is 0 Å². The van der Waals surface area contributed by atoms with E-state index in [-0.39, 0.29) is 0 Å². The molecule has 0 heterocycles. The van der Waals surface area contributed by atoms with E-state index in [1.807, 2.05) is 0 Å². The van der Waals surface area contributed by atoms with Gasteiger partial charge in [-0.2, -0.15) is 0 Å². The van der Waals surface area contributed by atoms with Gasteiger partial charge < -0.3 is 0 Å². The van der Waals surface area contributed by atoms with Crippen molar-refractivity contribution in [1.82, 2.24) is 0 Å². The summed E-state index contributed by atoms with van der Waals surface area (Å²) in [6.07, 6.45) is 4.38. The molecule has 3 rings (SSSR count). The first kappa shape index (κ1) is 7.56. The summed E-state index contributed by atoms with van der Waals surface area (Å²) < 4.78 is 1.34. The van der Waals surface area contributed by atoms with Gasteiger partial charge in [0.25, 0.3) is 0 Å². The quantitative estimate of drug-likeness (QED) is 0.546. The van der Waals surface area contributed by atoms with Crippen LogP contribution in [-0.2, 0) is 0 Å². The summed E-state index contributed by atoms with van der Waals surface area (Å²) in [6, 6.07) is 10.9. The fourth-order valence-electron chi connectivity index (χ4n) is 1.88.